The number of hydrogen-bond donors (Lipinski definition) is 4. The maximum Gasteiger partial charge on any atom is 0.407 e. The highest BCUT2D eigenvalue weighted by atomic mass is 16.6. The van der Waals surface area contributed by atoms with Crippen molar-refractivity contribution in [1.29, 1.82) is 10.8 Å². The van der Waals surface area contributed by atoms with E-state index in [4.69, 9.17) is 29.8 Å². The van der Waals surface area contributed by atoms with E-state index in [9.17, 15) is 9.59 Å². The number of carbonyl (C=O) groups is 2. The number of ether oxygens (including phenoxy) is 4. The molecule has 1 aliphatic rings. The molecule has 10 nitrogen and oxygen atoms in total. The third-order valence-electron chi connectivity index (χ3n) is 5.35. The molecule has 34 heavy (non-hydrogen) atoms. The minimum Gasteiger partial charge on any atom is -0.474 e. The number of rotatable bonds is 11. The van der Waals surface area contributed by atoms with Crippen molar-refractivity contribution < 1.29 is 28.5 Å². The summed E-state index contributed by atoms with van der Waals surface area (Å²) >= 11 is 0. The summed E-state index contributed by atoms with van der Waals surface area (Å²) in [6.45, 7) is 17.1. The molecule has 192 valence electrons. The Kier molecular flexibility index (Phi) is 11.1. The Bertz CT molecular complexity index is 769. The van der Waals surface area contributed by atoms with Crippen molar-refractivity contribution in [2.45, 2.75) is 72.1 Å². The van der Waals surface area contributed by atoms with Crippen molar-refractivity contribution in [3.63, 3.8) is 0 Å². The van der Waals surface area contributed by atoms with Crippen LogP contribution in [0.3, 0.4) is 0 Å². The Morgan fingerprint density at radius 1 is 1.03 bits per heavy atom. The topological polar surface area (TPSA) is 143 Å². The largest absolute Gasteiger partial charge is 0.474 e. The van der Waals surface area contributed by atoms with Gasteiger partial charge in [-0.1, -0.05) is 33.9 Å². The van der Waals surface area contributed by atoms with Crippen LogP contribution >= 0.6 is 0 Å². The highest BCUT2D eigenvalue weighted by molar-refractivity contribution is 5.84. The Labute approximate surface area is 202 Å². The van der Waals surface area contributed by atoms with Crippen LogP contribution in [0.25, 0.3) is 0 Å². The van der Waals surface area contributed by atoms with Gasteiger partial charge in [-0.25, -0.2) is 9.59 Å². The van der Waals surface area contributed by atoms with Gasteiger partial charge in [-0.05, 0) is 50.0 Å². The molecular weight excluding hydrogens is 440 g/mol. The van der Waals surface area contributed by atoms with E-state index in [1.54, 1.807) is 13.8 Å². The van der Waals surface area contributed by atoms with E-state index in [2.05, 4.69) is 44.6 Å². The second-order valence-electron chi connectivity index (χ2n) is 9.94. The number of nitrogens with one attached hydrogen (secondary N) is 4. The molecule has 1 amide bonds. The van der Waals surface area contributed by atoms with Gasteiger partial charge in [-0.3, -0.25) is 10.8 Å². The molecule has 0 aliphatic heterocycles. The number of carbonyl (C=O) groups excluding carboxylic acids is 2. The highest BCUT2D eigenvalue weighted by Crippen LogP contribution is 2.45. The number of alkyl carbamates (subject to hydrolysis) is 1. The van der Waals surface area contributed by atoms with Crippen LogP contribution in [0.15, 0.2) is 25.3 Å². The van der Waals surface area contributed by atoms with Crippen molar-refractivity contribution in [2.24, 2.45) is 10.8 Å². The maximum absolute atomic E-state index is 12.3. The SMILES string of the molecule is C=CC(=N)OCC(C)OC(=O)NCC1(C)CC(NC(=N)OC(C)COC(=O)C=C)CC(C)(C)C1. The number of esters is 1. The average Bonchev–Trinajstić information content (AvgIpc) is 2.72. The Morgan fingerprint density at radius 3 is 2.26 bits per heavy atom. The van der Waals surface area contributed by atoms with Gasteiger partial charge >= 0.3 is 12.1 Å². The van der Waals surface area contributed by atoms with E-state index in [1.807, 2.05) is 0 Å². The Morgan fingerprint density at radius 2 is 1.65 bits per heavy atom. The summed E-state index contributed by atoms with van der Waals surface area (Å²) in [6.07, 6.45) is 3.24. The molecule has 1 fully saturated rings. The van der Waals surface area contributed by atoms with Crippen LogP contribution in [0.4, 0.5) is 4.79 Å². The zero-order valence-corrected chi connectivity index (χ0v) is 21.0. The molecule has 0 spiro atoms. The fraction of sp³-hybridized carbons (Fsp3) is 0.667. The molecule has 0 saturated heterocycles. The molecule has 10 heteroatoms. The lowest BCUT2D eigenvalue weighted by atomic mass is 9.62. The van der Waals surface area contributed by atoms with E-state index in [0.717, 1.165) is 25.3 Å². The van der Waals surface area contributed by atoms with Gasteiger partial charge in [0, 0.05) is 18.7 Å². The predicted octanol–water partition coefficient (Wildman–Crippen LogP) is 3.52. The van der Waals surface area contributed by atoms with E-state index < -0.39 is 24.3 Å². The van der Waals surface area contributed by atoms with E-state index in [1.165, 1.54) is 6.08 Å². The van der Waals surface area contributed by atoms with Gasteiger partial charge in [0.1, 0.15) is 25.4 Å². The first kappa shape index (κ1) is 29.0. The van der Waals surface area contributed by atoms with Crippen molar-refractivity contribution in [3.8, 4) is 0 Å². The van der Waals surface area contributed by atoms with Crippen LogP contribution in [0.2, 0.25) is 0 Å². The normalized spacial score (nSPS) is 22.8. The number of hydrogen-bond acceptors (Lipinski definition) is 8. The third-order valence-corrected chi connectivity index (χ3v) is 5.35. The van der Waals surface area contributed by atoms with Gasteiger partial charge < -0.3 is 29.6 Å². The van der Waals surface area contributed by atoms with Gasteiger partial charge in [0.05, 0.1) is 0 Å². The summed E-state index contributed by atoms with van der Waals surface area (Å²) in [7, 11) is 0. The Hall–Kier alpha value is -3.04. The second-order valence-corrected chi connectivity index (χ2v) is 9.94. The summed E-state index contributed by atoms with van der Waals surface area (Å²) in [5.41, 5.74) is -0.248. The summed E-state index contributed by atoms with van der Waals surface area (Å²) in [4.78, 5) is 23.4. The molecule has 1 aliphatic carbocycles. The van der Waals surface area contributed by atoms with E-state index in [0.29, 0.717) is 6.54 Å². The molecule has 0 aromatic rings. The minimum atomic E-state index is -0.547. The number of amides is 1. The van der Waals surface area contributed by atoms with Crippen LogP contribution in [0, 0.1) is 21.6 Å². The smallest absolute Gasteiger partial charge is 0.407 e. The lowest BCUT2D eigenvalue weighted by Gasteiger charge is -2.47. The molecule has 1 rings (SSSR count). The molecule has 1 saturated carbocycles. The fourth-order valence-electron chi connectivity index (χ4n) is 4.39. The molecular formula is C24H40N4O6. The first-order chi connectivity index (χ1) is 15.8. The van der Waals surface area contributed by atoms with Gasteiger partial charge in [0.2, 0.25) is 5.90 Å². The lowest BCUT2D eigenvalue weighted by molar-refractivity contribution is -0.140. The van der Waals surface area contributed by atoms with Crippen LogP contribution in [0.5, 0.6) is 0 Å². The van der Waals surface area contributed by atoms with Crippen molar-refractivity contribution >= 4 is 24.0 Å². The second kappa shape index (κ2) is 13.0. The predicted molar refractivity (Wildman–Crippen MR) is 130 cm³/mol. The van der Waals surface area contributed by atoms with Crippen LogP contribution in [-0.4, -0.2) is 62.0 Å². The van der Waals surface area contributed by atoms with Crippen molar-refractivity contribution in [3.05, 3.63) is 25.3 Å². The summed E-state index contributed by atoms with van der Waals surface area (Å²) in [6, 6.07) is -0.113. The van der Waals surface area contributed by atoms with Crippen molar-refractivity contribution in [2.75, 3.05) is 19.8 Å². The lowest BCUT2D eigenvalue weighted by Crippen LogP contribution is -2.51. The molecule has 4 unspecified atom stereocenters. The first-order valence-corrected chi connectivity index (χ1v) is 11.4. The van der Waals surface area contributed by atoms with Gasteiger partial charge in [-0.2, -0.15) is 0 Å². The Balaban J connectivity index is 2.57. The van der Waals surface area contributed by atoms with Gasteiger partial charge in [0.15, 0.2) is 0 Å². The van der Waals surface area contributed by atoms with Gasteiger partial charge in [0.25, 0.3) is 6.02 Å². The van der Waals surface area contributed by atoms with Crippen molar-refractivity contribution in [1.82, 2.24) is 10.6 Å². The minimum absolute atomic E-state index is 0.0200. The molecule has 0 aromatic carbocycles. The summed E-state index contributed by atoms with van der Waals surface area (Å²) in [5, 5.41) is 21.5. The molecule has 4 N–H and O–H groups in total. The highest BCUT2D eigenvalue weighted by Gasteiger charge is 2.42. The third kappa shape index (κ3) is 11.2. The van der Waals surface area contributed by atoms with Gasteiger partial charge in [-0.15, -0.1) is 0 Å². The van der Waals surface area contributed by atoms with Crippen LogP contribution < -0.4 is 10.6 Å². The summed E-state index contributed by atoms with van der Waals surface area (Å²) in [5.74, 6) is -0.614. The van der Waals surface area contributed by atoms with Crippen LogP contribution in [-0.2, 0) is 23.7 Å². The quantitative estimate of drug-likeness (QED) is 0.153. The average molecular weight is 481 g/mol. The van der Waals surface area contributed by atoms with E-state index >= 15 is 0 Å². The number of amidine groups is 1. The standard InChI is InChI=1S/C24H40N4O6/c1-8-19(25)31-12-17(4)34-22(30)27-15-24(7)11-18(10-23(5,6)14-24)28-21(26)33-16(3)13-32-20(29)9-2/h8-9,16-18,25H,1-2,10-15H2,3-7H3,(H2,26,28)(H,27,30). The molecule has 0 aromatic heterocycles. The monoisotopic (exact) mass is 480 g/mol. The van der Waals surface area contributed by atoms with E-state index in [-0.39, 0.29) is 42.0 Å². The molecule has 0 heterocycles. The molecule has 0 radical (unpaired) electrons. The zero-order chi connectivity index (χ0) is 25.9. The summed E-state index contributed by atoms with van der Waals surface area (Å²) < 4.78 is 20.9. The zero-order valence-electron chi connectivity index (χ0n) is 21.0. The maximum atomic E-state index is 12.3. The first-order valence-electron chi connectivity index (χ1n) is 11.4. The van der Waals surface area contributed by atoms with Crippen LogP contribution in [0.1, 0.15) is 53.9 Å². The molecule has 4 atom stereocenters. The molecule has 0 bridgehead atoms. The fourth-order valence-corrected chi connectivity index (χ4v) is 4.39.